The molecule has 0 spiro atoms. The van der Waals surface area contributed by atoms with E-state index in [1.807, 2.05) is 13.8 Å². The van der Waals surface area contributed by atoms with Crippen LogP contribution in [0.1, 0.15) is 59.3 Å². The van der Waals surface area contributed by atoms with Crippen LogP contribution < -0.4 is 10.6 Å². The van der Waals surface area contributed by atoms with E-state index in [2.05, 4.69) is 17.6 Å². The first-order valence-electron chi connectivity index (χ1n) is 11.3. The molecule has 11 heteroatoms. The van der Waals surface area contributed by atoms with E-state index < -0.39 is 38.3 Å². The van der Waals surface area contributed by atoms with Gasteiger partial charge < -0.3 is 35.4 Å². The highest BCUT2D eigenvalue weighted by atomic mass is 31.2. The number of phosphoric ester groups is 1. The number of ether oxygens (including phenoxy) is 1. The summed E-state index contributed by atoms with van der Waals surface area (Å²) < 4.78 is 21.8. The maximum Gasteiger partial charge on any atom is 0.470 e. The number of hydrogen-bond acceptors (Lipinski definition) is 7. The molecule has 1 amide bonds. The lowest BCUT2D eigenvalue weighted by molar-refractivity contribution is -0.222. The third-order valence-corrected chi connectivity index (χ3v) is 6.63. The van der Waals surface area contributed by atoms with Crippen molar-refractivity contribution in [3.63, 3.8) is 0 Å². The molecule has 2 fully saturated rings. The summed E-state index contributed by atoms with van der Waals surface area (Å²) in [6.45, 7) is 7.19. The van der Waals surface area contributed by atoms with Gasteiger partial charge in [0.2, 0.25) is 5.91 Å². The zero-order valence-electron chi connectivity index (χ0n) is 18.6. The van der Waals surface area contributed by atoms with Crippen LogP contribution in [-0.4, -0.2) is 75.6 Å². The van der Waals surface area contributed by atoms with Crippen LogP contribution in [0.3, 0.4) is 0 Å². The molecule has 0 aromatic heterocycles. The van der Waals surface area contributed by atoms with Crippen molar-refractivity contribution in [2.24, 2.45) is 11.8 Å². The number of nitrogens with one attached hydrogen (secondary N) is 2. The van der Waals surface area contributed by atoms with Crippen molar-refractivity contribution >= 4 is 13.7 Å². The molecule has 8 atom stereocenters. The lowest BCUT2D eigenvalue weighted by Crippen LogP contribution is -2.58. The lowest BCUT2D eigenvalue weighted by Gasteiger charge is -2.43. The zero-order chi connectivity index (χ0) is 23.2. The smallest absolute Gasteiger partial charge is 0.388 e. The van der Waals surface area contributed by atoms with E-state index in [0.717, 1.165) is 25.8 Å². The maximum atomic E-state index is 12.4. The molecular weight excluding hydrogens is 427 g/mol. The minimum Gasteiger partial charge on any atom is -0.388 e. The molecule has 2 aliphatic rings. The van der Waals surface area contributed by atoms with Gasteiger partial charge in [0.1, 0.15) is 18.3 Å². The molecule has 2 saturated heterocycles. The number of amides is 1. The van der Waals surface area contributed by atoms with Crippen LogP contribution in [0.25, 0.3) is 0 Å². The number of aliphatic hydroxyl groups excluding tert-OH is 2. The van der Waals surface area contributed by atoms with Gasteiger partial charge in [-0.15, -0.1) is 0 Å². The standard InChI is InChI=1S/C20H39N2O8P/c1-4-6-13-9-14(21-11-13)20(25)22-10-12(3)8-16-17(23)18(24)19(30-31(26,27)28)15(29-16)7-5-2/h12-19,21,23-24H,4-11H2,1-3H3,(H,22,25)(H2,26,27,28). The van der Waals surface area contributed by atoms with Gasteiger partial charge in [0, 0.05) is 6.54 Å². The molecule has 0 aromatic carbocycles. The highest BCUT2D eigenvalue weighted by molar-refractivity contribution is 7.46. The minimum atomic E-state index is -4.85. The van der Waals surface area contributed by atoms with Gasteiger partial charge in [-0.1, -0.05) is 33.6 Å². The minimum absolute atomic E-state index is 0.0328. The second-order valence-electron chi connectivity index (χ2n) is 8.98. The SMILES string of the molecule is CCCC1CNC(C(=O)NCC(C)CC2OC(CCC)C(OP(=O)(O)O)C(O)C2O)C1. The molecule has 10 nitrogen and oxygen atoms in total. The summed E-state index contributed by atoms with van der Waals surface area (Å²) in [6.07, 6.45) is -1.13. The van der Waals surface area contributed by atoms with Crippen LogP contribution in [0, 0.1) is 11.8 Å². The highest BCUT2D eigenvalue weighted by Gasteiger charge is 2.47. The fraction of sp³-hybridized carbons (Fsp3) is 0.950. The monoisotopic (exact) mass is 466 g/mol. The van der Waals surface area contributed by atoms with Crippen molar-refractivity contribution in [3.8, 4) is 0 Å². The normalized spacial score (nSPS) is 35.1. The van der Waals surface area contributed by atoms with Gasteiger partial charge in [-0.2, -0.15) is 0 Å². The Morgan fingerprint density at radius 1 is 1.19 bits per heavy atom. The lowest BCUT2D eigenvalue weighted by atomic mass is 9.88. The van der Waals surface area contributed by atoms with Gasteiger partial charge >= 0.3 is 7.82 Å². The second kappa shape index (κ2) is 12.0. The van der Waals surface area contributed by atoms with E-state index in [0.29, 0.717) is 31.7 Å². The summed E-state index contributed by atoms with van der Waals surface area (Å²) in [4.78, 5) is 30.7. The Morgan fingerprint density at radius 2 is 1.87 bits per heavy atom. The fourth-order valence-electron chi connectivity index (χ4n) is 4.53. The number of phosphoric acid groups is 1. The first kappa shape index (κ1) is 26.7. The number of rotatable bonds is 11. The third kappa shape index (κ3) is 8.05. The predicted molar refractivity (Wildman–Crippen MR) is 114 cm³/mol. The molecule has 0 radical (unpaired) electrons. The Morgan fingerprint density at radius 3 is 2.48 bits per heavy atom. The van der Waals surface area contributed by atoms with Crippen LogP contribution in [0.15, 0.2) is 0 Å². The van der Waals surface area contributed by atoms with E-state index in [9.17, 15) is 19.6 Å². The molecule has 0 bridgehead atoms. The van der Waals surface area contributed by atoms with Crippen LogP contribution in [0.2, 0.25) is 0 Å². The average molecular weight is 467 g/mol. The Balaban J connectivity index is 1.87. The van der Waals surface area contributed by atoms with Crippen molar-refractivity contribution in [1.29, 1.82) is 0 Å². The molecule has 0 aromatic rings. The van der Waals surface area contributed by atoms with E-state index in [1.54, 1.807) is 0 Å². The maximum absolute atomic E-state index is 12.4. The molecular formula is C20H39N2O8P. The van der Waals surface area contributed by atoms with Crippen LogP contribution in [0.5, 0.6) is 0 Å². The molecule has 0 saturated carbocycles. The Labute approximate surface area is 184 Å². The van der Waals surface area contributed by atoms with Crippen molar-refractivity contribution in [1.82, 2.24) is 10.6 Å². The molecule has 2 rings (SSSR count). The molecule has 2 aliphatic heterocycles. The quantitative estimate of drug-likeness (QED) is 0.241. The Hall–Kier alpha value is -0.580. The predicted octanol–water partition coefficient (Wildman–Crippen LogP) is 0.674. The Bertz CT molecular complexity index is 618. The van der Waals surface area contributed by atoms with Gasteiger partial charge in [-0.25, -0.2) is 4.57 Å². The van der Waals surface area contributed by atoms with Crippen LogP contribution in [0.4, 0.5) is 0 Å². The number of hydrogen-bond donors (Lipinski definition) is 6. The number of carbonyl (C=O) groups excluding carboxylic acids is 1. The summed E-state index contributed by atoms with van der Waals surface area (Å²) in [5.74, 6) is 0.462. The summed E-state index contributed by atoms with van der Waals surface area (Å²) in [6, 6.07) is -0.179. The van der Waals surface area contributed by atoms with Crippen molar-refractivity contribution in [3.05, 3.63) is 0 Å². The highest BCUT2D eigenvalue weighted by Crippen LogP contribution is 2.42. The third-order valence-electron chi connectivity index (χ3n) is 6.11. The van der Waals surface area contributed by atoms with Gasteiger partial charge in [-0.05, 0) is 44.1 Å². The second-order valence-corrected chi connectivity index (χ2v) is 10.2. The molecule has 6 N–H and O–H groups in total. The van der Waals surface area contributed by atoms with Gasteiger partial charge in [0.15, 0.2) is 0 Å². The summed E-state index contributed by atoms with van der Waals surface area (Å²) in [7, 11) is -4.85. The van der Waals surface area contributed by atoms with Gasteiger partial charge in [0.25, 0.3) is 0 Å². The van der Waals surface area contributed by atoms with Crippen LogP contribution in [-0.2, 0) is 18.6 Å². The Kier molecular flexibility index (Phi) is 10.4. The number of carbonyl (C=O) groups is 1. The topological polar surface area (TPSA) is 158 Å². The largest absolute Gasteiger partial charge is 0.470 e. The first-order chi connectivity index (χ1) is 14.6. The molecule has 8 unspecified atom stereocenters. The molecule has 0 aliphatic carbocycles. The van der Waals surface area contributed by atoms with E-state index in [1.165, 1.54) is 0 Å². The first-order valence-corrected chi connectivity index (χ1v) is 12.8. The van der Waals surface area contributed by atoms with E-state index >= 15 is 0 Å². The molecule has 31 heavy (non-hydrogen) atoms. The van der Waals surface area contributed by atoms with E-state index in [4.69, 9.17) is 19.0 Å². The van der Waals surface area contributed by atoms with E-state index in [-0.39, 0.29) is 17.9 Å². The van der Waals surface area contributed by atoms with Gasteiger partial charge in [0.05, 0.1) is 18.2 Å². The zero-order valence-corrected chi connectivity index (χ0v) is 19.5. The van der Waals surface area contributed by atoms with Crippen molar-refractivity contribution < 1.29 is 38.6 Å². The summed E-state index contributed by atoms with van der Waals surface area (Å²) in [5.41, 5.74) is 0. The van der Waals surface area contributed by atoms with Crippen LogP contribution >= 0.6 is 7.82 Å². The number of aliphatic hydroxyl groups is 2. The van der Waals surface area contributed by atoms with Crippen molar-refractivity contribution in [2.75, 3.05) is 13.1 Å². The van der Waals surface area contributed by atoms with Gasteiger partial charge in [-0.3, -0.25) is 9.32 Å². The fourth-order valence-corrected chi connectivity index (χ4v) is 5.11. The summed E-state index contributed by atoms with van der Waals surface area (Å²) >= 11 is 0. The summed E-state index contributed by atoms with van der Waals surface area (Å²) in [5, 5.41) is 27.1. The average Bonchev–Trinajstić information content (AvgIpc) is 3.15. The molecule has 182 valence electrons. The molecule has 2 heterocycles. The van der Waals surface area contributed by atoms with Crippen molar-refractivity contribution in [2.45, 2.75) is 95.9 Å².